The van der Waals surface area contributed by atoms with Crippen LogP contribution < -0.4 is 16.0 Å². The minimum atomic E-state index is -0.565. The number of fused-ring (bicyclic) bond motifs is 2. The third-order valence-electron chi connectivity index (χ3n) is 6.60. The van der Waals surface area contributed by atoms with Gasteiger partial charge in [-0.3, -0.25) is 4.79 Å². The summed E-state index contributed by atoms with van der Waals surface area (Å²) in [7, 11) is 1.48. The summed E-state index contributed by atoms with van der Waals surface area (Å²) in [4.78, 5) is 11.3. The van der Waals surface area contributed by atoms with E-state index in [4.69, 9.17) is 0 Å². The van der Waals surface area contributed by atoms with Crippen molar-refractivity contribution in [1.29, 1.82) is 0 Å². The van der Waals surface area contributed by atoms with Crippen molar-refractivity contribution < 1.29 is 14.3 Å². The van der Waals surface area contributed by atoms with Crippen LogP contribution in [0.4, 0.5) is 10.2 Å². The van der Waals surface area contributed by atoms with Gasteiger partial charge >= 0.3 is 0 Å². The van der Waals surface area contributed by atoms with E-state index in [9.17, 15) is 14.3 Å². The van der Waals surface area contributed by atoms with E-state index in [-0.39, 0.29) is 33.9 Å². The predicted octanol–water partition coefficient (Wildman–Crippen LogP) is 3.47. The molecule has 2 atom stereocenters. The largest absolute Gasteiger partial charge is 0.507 e. The van der Waals surface area contributed by atoms with E-state index >= 15 is 0 Å². The van der Waals surface area contributed by atoms with Gasteiger partial charge in [-0.25, -0.2) is 4.39 Å². The highest BCUT2D eigenvalue weighted by atomic mass is 19.1. The molecular weight excluding hydrogens is 409 g/mol. The van der Waals surface area contributed by atoms with Gasteiger partial charge in [-0.2, -0.15) is 0 Å². The SMILES string of the molecule is CNC(=O)/C=C/c1cc(O)c(-c2ccc(NCC3CC4(C)CCC(C)(C3)N4)nn2)cc1F. The number of aromatic hydroxyl groups is 1. The van der Waals surface area contributed by atoms with Crippen LogP contribution in [0.25, 0.3) is 17.3 Å². The number of anilines is 1. The lowest BCUT2D eigenvalue weighted by atomic mass is 9.80. The average molecular weight is 440 g/mol. The monoisotopic (exact) mass is 439 g/mol. The maximum Gasteiger partial charge on any atom is 0.243 e. The summed E-state index contributed by atoms with van der Waals surface area (Å²) in [6, 6.07) is 5.96. The Balaban J connectivity index is 1.42. The Kier molecular flexibility index (Phi) is 5.90. The van der Waals surface area contributed by atoms with Crippen molar-refractivity contribution in [2.75, 3.05) is 18.9 Å². The van der Waals surface area contributed by atoms with E-state index in [0.29, 0.717) is 17.4 Å². The van der Waals surface area contributed by atoms with Gasteiger partial charge in [0.05, 0.1) is 5.69 Å². The number of halogens is 1. The van der Waals surface area contributed by atoms with Crippen LogP contribution in [0, 0.1) is 11.7 Å². The molecule has 2 aliphatic heterocycles. The van der Waals surface area contributed by atoms with E-state index < -0.39 is 5.82 Å². The van der Waals surface area contributed by atoms with Crippen LogP contribution in [-0.2, 0) is 4.79 Å². The topological polar surface area (TPSA) is 99.2 Å². The first-order valence-electron chi connectivity index (χ1n) is 11.0. The van der Waals surface area contributed by atoms with Crippen LogP contribution in [0.15, 0.2) is 30.3 Å². The van der Waals surface area contributed by atoms with Crippen molar-refractivity contribution in [2.45, 2.75) is 50.6 Å². The van der Waals surface area contributed by atoms with Crippen molar-refractivity contribution in [3.63, 3.8) is 0 Å². The molecule has 1 aromatic heterocycles. The van der Waals surface area contributed by atoms with E-state index in [0.717, 1.165) is 19.4 Å². The molecule has 2 aliphatic rings. The molecule has 3 heterocycles. The van der Waals surface area contributed by atoms with Gasteiger partial charge in [-0.15, -0.1) is 10.2 Å². The summed E-state index contributed by atoms with van der Waals surface area (Å²) in [6.45, 7) is 5.45. The van der Waals surface area contributed by atoms with Crippen LogP contribution in [0.1, 0.15) is 45.1 Å². The summed E-state index contributed by atoms with van der Waals surface area (Å²) >= 11 is 0. The molecule has 1 amide bonds. The lowest BCUT2D eigenvalue weighted by molar-refractivity contribution is -0.115. The number of benzene rings is 1. The van der Waals surface area contributed by atoms with Crippen LogP contribution in [0.5, 0.6) is 5.75 Å². The Hall–Kier alpha value is -3.00. The van der Waals surface area contributed by atoms with Crippen molar-refractivity contribution in [3.8, 4) is 17.0 Å². The first-order valence-corrected chi connectivity index (χ1v) is 11.0. The highest BCUT2D eigenvalue weighted by molar-refractivity contribution is 5.91. The molecule has 4 rings (SSSR count). The summed E-state index contributed by atoms with van der Waals surface area (Å²) in [5.41, 5.74) is 1.17. The van der Waals surface area contributed by atoms with E-state index in [1.807, 2.05) is 0 Å². The number of nitrogens with zero attached hydrogens (tertiary/aromatic N) is 2. The Bertz CT molecular complexity index is 1020. The Morgan fingerprint density at radius 1 is 1.25 bits per heavy atom. The van der Waals surface area contributed by atoms with Gasteiger partial charge in [0.15, 0.2) is 0 Å². The first kappa shape index (κ1) is 22.2. The number of rotatable bonds is 6. The highest BCUT2D eigenvalue weighted by Crippen LogP contribution is 2.44. The maximum atomic E-state index is 14.4. The lowest BCUT2D eigenvalue weighted by Gasteiger charge is -2.42. The van der Waals surface area contributed by atoms with Crippen molar-refractivity contribution in [3.05, 3.63) is 41.7 Å². The molecule has 2 saturated heterocycles. The number of likely N-dealkylation sites (N-methyl/N-ethyl adjacent to an activating group) is 1. The molecule has 32 heavy (non-hydrogen) atoms. The molecule has 1 aromatic carbocycles. The molecule has 4 N–H and O–H groups in total. The fraction of sp³-hybridized carbons (Fsp3) is 0.458. The zero-order chi connectivity index (χ0) is 22.9. The average Bonchev–Trinajstić information content (AvgIpc) is 2.99. The Labute approximate surface area is 187 Å². The number of piperidine rings is 1. The third kappa shape index (κ3) is 4.75. The molecule has 0 saturated carbocycles. The third-order valence-corrected chi connectivity index (χ3v) is 6.60. The summed E-state index contributed by atoms with van der Waals surface area (Å²) in [5, 5.41) is 28.3. The second-order valence-corrected chi connectivity index (χ2v) is 9.54. The van der Waals surface area contributed by atoms with E-state index in [1.165, 1.54) is 44.2 Å². The number of aromatic nitrogens is 2. The Morgan fingerprint density at radius 2 is 1.97 bits per heavy atom. The summed E-state index contributed by atoms with van der Waals surface area (Å²) in [6.07, 6.45) is 7.21. The smallest absolute Gasteiger partial charge is 0.243 e. The van der Waals surface area contributed by atoms with Crippen LogP contribution >= 0.6 is 0 Å². The van der Waals surface area contributed by atoms with Crippen molar-refractivity contribution >= 4 is 17.8 Å². The van der Waals surface area contributed by atoms with Gasteiger partial charge in [0.1, 0.15) is 17.4 Å². The van der Waals surface area contributed by atoms with Gasteiger partial charge in [-0.05, 0) is 75.8 Å². The number of phenolic OH excluding ortho intramolecular Hbond substituents is 1. The minimum Gasteiger partial charge on any atom is -0.507 e. The highest BCUT2D eigenvalue weighted by Gasteiger charge is 2.48. The fourth-order valence-electron chi connectivity index (χ4n) is 5.18. The maximum absolute atomic E-state index is 14.4. The quantitative estimate of drug-likeness (QED) is 0.515. The van der Waals surface area contributed by atoms with Gasteiger partial charge < -0.3 is 21.1 Å². The minimum absolute atomic E-state index is 0.111. The van der Waals surface area contributed by atoms with E-state index in [2.05, 4.69) is 40.0 Å². The molecule has 2 unspecified atom stereocenters. The van der Waals surface area contributed by atoms with Crippen LogP contribution in [-0.4, -0.2) is 45.9 Å². The van der Waals surface area contributed by atoms with Crippen molar-refractivity contribution in [2.24, 2.45) is 5.92 Å². The van der Waals surface area contributed by atoms with Crippen molar-refractivity contribution in [1.82, 2.24) is 20.8 Å². The first-order chi connectivity index (χ1) is 15.2. The molecule has 7 nitrogen and oxygen atoms in total. The molecule has 2 bridgehead atoms. The second-order valence-electron chi connectivity index (χ2n) is 9.54. The van der Waals surface area contributed by atoms with Crippen LogP contribution in [0.2, 0.25) is 0 Å². The number of carbonyl (C=O) groups excluding carboxylic acids is 1. The molecule has 2 aromatic rings. The molecule has 170 valence electrons. The number of nitrogens with one attached hydrogen (secondary N) is 3. The van der Waals surface area contributed by atoms with Gasteiger partial charge in [-0.1, -0.05) is 0 Å². The lowest BCUT2D eigenvalue weighted by Crippen LogP contribution is -2.54. The van der Waals surface area contributed by atoms with Gasteiger partial charge in [0.2, 0.25) is 5.91 Å². The molecule has 0 radical (unpaired) electrons. The molecule has 2 fully saturated rings. The molecule has 8 heteroatoms. The number of carbonyl (C=O) groups is 1. The predicted molar refractivity (Wildman–Crippen MR) is 123 cm³/mol. The molecule has 0 spiro atoms. The summed E-state index contributed by atoms with van der Waals surface area (Å²) < 4.78 is 14.4. The fourth-order valence-corrected chi connectivity index (χ4v) is 5.18. The zero-order valence-electron chi connectivity index (χ0n) is 18.7. The molecule has 0 aliphatic carbocycles. The normalized spacial score (nSPS) is 26.9. The number of hydrogen-bond acceptors (Lipinski definition) is 6. The van der Waals surface area contributed by atoms with Gasteiger partial charge in [0.25, 0.3) is 0 Å². The Morgan fingerprint density at radius 3 is 2.59 bits per heavy atom. The van der Waals surface area contributed by atoms with E-state index in [1.54, 1.807) is 12.1 Å². The zero-order valence-corrected chi connectivity index (χ0v) is 18.7. The standard InChI is InChI=1S/C24H30FN5O2/c1-23-8-9-24(2,30-23)13-15(12-23)14-27-21-6-5-19(28-29-21)17-11-18(25)16(10-20(17)31)4-7-22(32)26-3/h4-7,10-11,15,30-31H,8-9,12-14H2,1-3H3,(H,26,32)(H,27,29)/b7-4+. The number of phenols is 1. The summed E-state index contributed by atoms with van der Waals surface area (Å²) in [5.74, 6) is 0.153. The van der Waals surface area contributed by atoms with Gasteiger partial charge in [0, 0.05) is 41.9 Å². The molecular formula is C24H30FN5O2. The number of hydrogen-bond donors (Lipinski definition) is 4. The van der Waals surface area contributed by atoms with Crippen LogP contribution in [0.3, 0.4) is 0 Å². The second kappa shape index (κ2) is 8.50. The number of amides is 1.